The first-order valence-corrected chi connectivity index (χ1v) is 7.47. The number of nitrogen functional groups attached to an aromatic ring is 1. The molecule has 0 aliphatic rings. The number of benzene rings is 2. The summed E-state index contributed by atoms with van der Waals surface area (Å²) in [6.45, 7) is 8.41. The van der Waals surface area contributed by atoms with Crippen LogP contribution in [-0.4, -0.2) is 15.3 Å². The van der Waals surface area contributed by atoms with Crippen molar-refractivity contribution in [2.45, 2.75) is 33.2 Å². The first-order valence-electron chi connectivity index (χ1n) is 7.47. The van der Waals surface area contributed by atoms with E-state index in [1.165, 1.54) is 5.39 Å². The van der Waals surface area contributed by atoms with Crippen LogP contribution in [-0.2, 0) is 0 Å². The highest BCUT2D eigenvalue weighted by Gasteiger charge is 2.11. The van der Waals surface area contributed by atoms with Gasteiger partial charge in [-0.15, -0.1) is 0 Å². The summed E-state index contributed by atoms with van der Waals surface area (Å²) in [5, 5.41) is 10.3. The highest BCUT2D eigenvalue weighted by atomic mass is 15.3. The van der Waals surface area contributed by atoms with Crippen LogP contribution >= 0.6 is 0 Å². The molecular formula is C18H22N4. The molecule has 3 N–H and O–H groups in total. The Balaban J connectivity index is 2.12. The zero-order chi connectivity index (χ0) is 15.9. The number of hydrogen-bond donors (Lipinski definition) is 2. The van der Waals surface area contributed by atoms with Gasteiger partial charge in [0.1, 0.15) is 5.82 Å². The van der Waals surface area contributed by atoms with Gasteiger partial charge in [0.25, 0.3) is 0 Å². The van der Waals surface area contributed by atoms with Gasteiger partial charge in [0.05, 0.1) is 11.4 Å². The first-order chi connectivity index (χ1) is 10.3. The number of nitrogens with one attached hydrogen (secondary N) is 1. The molecule has 0 amide bonds. The topological polar surface area (TPSA) is 55.9 Å². The van der Waals surface area contributed by atoms with Crippen LogP contribution in [0.4, 0.5) is 11.5 Å². The summed E-state index contributed by atoms with van der Waals surface area (Å²) in [5.74, 6) is 0.655. The third-order valence-corrected chi connectivity index (χ3v) is 3.46. The molecule has 3 aromatic rings. The molecule has 0 radical (unpaired) electrons. The molecule has 4 heteroatoms. The summed E-state index contributed by atoms with van der Waals surface area (Å²) in [7, 11) is 0. The highest BCUT2D eigenvalue weighted by Crippen LogP contribution is 2.27. The first kappa shape index (κ1) is 14.4. The standard InChI is InChI=1S/C18H22N4/c1-12-10-17(19)22(21-12)16-7-5-6-13-11-14(8-9-15(13)16)20-18(2,3)4/h5-11,20H,19H2,1-4H3. The van der Waals surface area contributed by atoms with Gasteiger partial charge in [-0.1, -0.05) is 18.2 Å². The van der Waals surface area contributed by atoms with Crippen LogP contribution in [0.3, 0.4) is 0 Å². The molecule has 0 bridgehead atoms. The highest BCUT2D eigenvalue weighted by molar-refractivity contribution is 5.92. The van der Waals surface area contributed by atoms with E-state index in [2.05, 4.69) is 55.5 Å². The molecule has 0 saturated carbocycles. The lowest BCUT2D eigenvalue weighted by Gasteiger charge is -2.22. The van der Waals surface area contributed by atoms with Gasteiger partial charge in [0.2, 0.25) is 0 Å². The molecule has 1 heterocycles. The van der Waals surface area contributed by atoms with Crippen molar-refractivity contribution in [1.82, 2.24) is 9.78 Å². The minimum Gasteiger partial charge on any atom is -0.384 e. The molecule has 3 rings (SSSR count). The van der Waals surface area contributed by atoms with E-state index in [0.29, 0.717) is 5.82 Å². The van der Waals surface area contributed by atoms with Gasteiger partial charge < -0.3 is 11.1 Å². The Morgan fingerprint density at radius 1 is 1.09 bits per heavy atom. The second-order valence-corrected chi connectivity index (χ2v) is 6.71. The largest absolute Gasteiger partial charge is 0.384 e. The molecule has 2 aromatic carbocycles. The molecule has 0 aliphatic carbocycles. The van der Waals surface area contributed by atoms with Crippen molar-refractivity contribution in [3.8, 4) is 5.69 Å². The van der Waals surface area contributed by atoms with Crippen LogP contribution in [0.1, 0.15) is 26.5 Å². The van der Waals surface area contributed by atoms with Crippen molar-refractivity contribution < 1.29 is 0 Å². The maximum absolute atomic E-state index is 6.07. The summed E-state index contributed by atoms with van der Waals surface area (Å²) in [6.07, 6.45) is 0. The number of aryl methyl sites for hydroxylation is 1. The Hall–Kier alpha value is -2.49. The van der Waals surface area contributed by atoms with Gasteiger partial charge in [-0.25, -0.2) is 4.68 Å². The third kappa shape index (κ3) is 2.77. The number of hydrogen-bond acceptors (Lipinski definition) is 3. The molecule has 22 heavy (non-hydrogen) atoms. The van der Waals surface area contributed by atoms with Crippen molar-refractivity contribution in [3.63, 3.8) is 0 Å². The predicted octanol–water partition coefficient (Wildman–Crippen LogP) is 4.13. The molecule has 0 spiro atoms. The predicted molar refractivity (Wildman–Crippen MR) is 93.6 cm³/mol. The van der Waals surface area contributed by atoms with Gasteiger partial charge in [-0.3, -0.25) is 0 Å². The second-order valence-electron chi connectivity index (χ2n) is 6.71. The van der Waals surface area contributed by atoms with Crippen LogP contribution in [0.15, 0.2) is 42.5 Å². The van der Waals surface area contributed by atoms with Gasteiger partial charge in [0.15, 0.2) is 0 Å². The van der Waals surface area contributed by atoms with Crippen molar-refractivity contribution >= 4 is 22.3 Å². The van der Waals surface area contributed by atoms with E-state index in [4.69, 9.17) is 5.73 Å². The van der Waals surface area contributed by atoms with Crippen LogP contribution in [0.25, 0.3) is 16.5 Å². The Morgan fingerprint density at radius 3 is 2.50 bits per heavy atom. The van der Waals surface area contributed by atoms with Crippen LogP contribution in [0.2, 0.25) is 0 Å². The maximum atomic E-state index is 6.07. The lowest BCUT2D eigenvalue weighted by atomic mass is 10.1. The van der Waals surface area contributed by atoms with Gasteiger partial charge in [-0.2, -0.15) is 5.10 Å². The van der Waals surface area contributed by atoms with E-state index in [0.717, 1.165) is 22.5 Å². The average molecular weight is 294 g/mol. The zero-order valence-corrected chi connectivity index (χ0v) is 13.5. The van der Waals surface area contributed by atoms with E-state index in [-0.39, 0.29) is 5.54 Å². The van der Waals surface area contributed by atoms with E-state index < -0.39 is 0 Å². The minimum absolute atomic E-state index is 0.0365. The van der Waals surface area contributed by atoms with Crippen molar-refractivity contribution in [3.05, 3.63) is 48.2 Å². The molecule has 4 nitrogen and oxygen atoms in total. The molecule has 114 valence electrons. The number of nitrogens with zero attached hydrogens (tertiary/aromatic N) is 2. The number of anilines is 2. The van der Waals surface area contributed by atoms with Crippen molar-refractivity contribution in [2.75, 3.05) is 11.1 Å². The minimum atomic E-state index is 0.0365. The lowest BCUT2D eigenvalue weighted by molar-refractivity contribution is 0.634. The normalized spacial score (nSPS) is 11.8. The van der Waals surface area contributed by atoms with E-state index in [9.17, 15) is 0 Å². The smallest absolute Gasteiger partial charge is 0.127 e. The fraction of sp³-hybridized carbons (Fsp3) is 0.278. The summed E-state index contributed by atoms with van der Waals surface area (Å²) >= 11 is 0. The number of rotatable bonds is 2. The molecule has 0 atom stereocenters. The summed E-state index contributed by atoms with van der Waals surface area (Å²) < 4.78 is 1.80. The monoisotopic (exact) mass is 294 g/mol. The van der Waals surface area contributed by atoms with Crippen LogP contribution < -0.4 is 11.1 Å². The summed E-state index contributed by atoms with van der Waals surface area (Å²) in [6, 6.07) is 14.5. The SMILES string of the molecule is Cc1cc(N)n(-c2cccc3cc(NC(C)(C)C)ccc23)n1. The van der Waals surface area contributed by atoms with Crippen molar-refractivity contribution in [1.29, 1.82) is 0 Å². The summed E-state index contributed by atoms with van der Waals surface area (Å²) in [5.41, 5.74) is 9.14. The van der Waals surface area contributed by atoms with Gasteiger partial charge in [0, 0.05) is 22.7 Å². The number of nitrogens with two attached hydrogens (primary N) is 1. The van der Waals surface area contributed by atoms with Gasteiger partial charge in [-0.05, 0) is 51.3 Å². The van der Waals surface area contributed by atoms with Crippen molar-refractivity contribution in [2.24, 2.45) is 0 Å². The molecule has 1 aromatic heterocycles. The average Bonchev–Trinajstić information content (AvgIpc) is 2.75. The van der Waals surface area contributed by atoms with Crippen LogP contribution in [0.5, 0.6) is 0 Å². The molecule has 0 unspecified atom stereocenters. The molecule has 0 aliphatic heterocycles. The maximum Gasteiger partial charge on any atom is 0.127 e. The Labute approximate surface area is 130 Å². The molecule has 0 saturated heterocycles. The molecule has 0 fully saturated rings. The van der Waals surface area contributed by atoms with E-state index in [1.807, 2.05) is 25.1 Å². The fourth-order valence-corrected chi connectivity index (χ4v) is 2.67. The lowest BCUT2D eigenvalue weighted by Crippen LogP contribution is -2.25. The fourth-order valence-electron chi connectivity index (χ4n) is 2.67. The van der Waals surface area contributed by atoms with E-state index >= 15 is 0 Å². The second kappa shape index (κ2) is 5.05. The van der Waals surface area contributed by atoms with Crippen LogP contribution in [0, 0.1) is 6.92 Å². The zero-order valence-electron chi connectivity index (χ0n) is 13.5. The summed E-state index contributed by atoms with van der Waals surface area (Å²) in [4.78, 5) is 0. The van der Waals surface area contributed by atoms with Gasteiger partial charge >= 0.3 is 0 Å². The third-order valence-electron chi connectivity index (χ3n) is 3.46. The Bertz CT molecular complexity index is 825. The quantitative estimate of drug-likeness (QED) is 0.747. The number of aromatic nitrogens is 2. The molecular weight excluding hydrogens is 272 g/mol. The Morgan fingerprint density at radius 2 is 1.86 bits per heavy atom. The Kier molecular flexibility index (Phi) is 3.32. The van der Waals surface area contributed by atoms with E-state index in [1.54, 1.807) is 4.68 Å². The number of fused-ring (bicyclic) bond motifs is 1.